The van der Waals surface area contributed by atoms with Crippen molar-refractivity contribution in [2.45, 2.75) is 19.6 Å². The predicted octanol–water partition coefficient (Wildman–Crippen LogP) is 6.96. The Balaban J connectivity index is 1.61. The maximum atomic E-state index is 13.0. The molecule has 38 heavy (non-hydrogen) atoms. The highest BCUT2D eigenvalue weighted by Crippen LogP contribution is 2.38. The Morgan fingerprint density at radius 2 is 1.37 bits per heavy atom. The molecule has 0 saturated carbocycles. The van der Waals surface area contributed by atoms with E-state index in [1.807, 2.05) is 0 Å². The van der Waals surface area contributed by atoms with Gasteiger partial charge in [0.1, 0.15) is 11.5 Å². The number of hydrogen-bond acceptors (Lipinski definition) is 9. The monoisotopic (exact) mass is 614 g/mol. The summed E-state index contributed by atoms with van der Waals surface area (Å²) < 4.78 is 68.2. The highest BCUT2D eigenvalue weighted by molar-refractivity contribution is 7.94. The largest absolute Gasteiger partial charge is 0.456 e. The van der Waals surface area contributed by atoms with Gasteiger partial charge in [-0.2, -0.15) is 8.42 Å². The molecule has 0 aliphatic heterocycles. The summed E-state index contributed by atoms with van der Waals surface area (Å²) >= 11 is 12.6. The number of ether oxygens (including phenoxy) is 1. The lowest BCUT2D eigenvalue weighted by atomic mass is 10.1. The quantitative estimate of drug-likeness (QED) is 0.0880. The molecule has 0 amide bonds. The van der Waals surface area contributed by atoms with Crippen molar-refractivity contribution in [3.05, 3.63) is 95.0 Å². The lowest BCUT2D eigenvalue weighted by molar-refractivity contribution is -0.432. The van der Waals surface area contributed by atoms with Gasteiger partial charge in [-0.1, -0.05) is 46.4 Å². The van der Waals surface area contributed by atoms with Crippen molar-refractivity contribution in [1.82, 2.24) is 0 Å². The van der Waals surface area contributed by atoms with E-state index in [-0.39, 0.29) is 36.2 Å². The van der Waals surface area contributed by atoms with E-state index in [2.05, 4.69) is 9.37 Å². The molecule has 0 unspecified atom stereocenters. The van der Waals surface area contributed by atoms with E-state index in [0.29, 0.717) is 28.1 Å². The van der Waals surface area contributed by atoms with Gasteiger partial charge in [0, 0.05) is 5.02 Å². The van der Waals surface area contributed by atoms with Gasteiger partial charge in [-0.15, -0.1) is 4.33 Å². The first-order valence-corrected chi connectivity index (χ1v) is 14.8. The third-order valence-electron chi connectivity index (χ3n) is 5.13. The van der Waals surface area contributed by atoms with Crippen molar-refractivity contribution in [3.63, 3.8) is 0 Å². The number of halogens is 2. The van der Waals surface area contributed by atoms with Crippen LogP contribution in [-0.2, 0) is 29.3 Å². The minimum absolute atomic E-state index is 0.0238. The average Bonchev–Trinajstić information content (AvgIpc) is 2.89. The summed E-state index contributed by atoms with van der Waals surface area (Å²) in [5.74, 6) is 0.567. The Kier molecular flexibility index (Phi) is 8.67. The minimum Gasteiger partial charge on any atom is -0.456 e. The highest BCUT2D eigenvalue weighted by Gasteiger charge is 2.22. The third-order valence-corrected chi connectivity index (χ3v) is 9.11. The van der Waals surface area contributed by atoms with Crippen LogP contribution in [0.1, 0.15) is 0 Å². The van der Waals surface area contributed by atoms with Crippen molar-refractivity contribution >= 4 is 55.2 Å². The Morgan fingerprint density at radius 3 is 2.00 bits per heavy atom. The van der Waals surface area contributed by atoms with Crippen LogP contribution in [0, 0.1) is 0 Å². The normalized spacial score (nSPS) is 11.9. The number of sulfone groups is 1. The molecule has 0 aromatic heterocycles. The highest BCUT2D eigenvalue weighted by atomic mass is 35.5. The molecule has 2 N–H and O–H groups in total. The first-order valence-electron chi connectivity index (χ1n) is 10.3. The molecule has 14 heteroatoms. The Hall–Kier alpha value is -2.65. The smallest absolute Gasteiger partial charge is 0.294 e. The number of rotatable bonds is 9. The summed E-state index contributed by atoms with van der Waals surface area (Å²) in [7, 11) is -8.28. The van der Waals surface area contributed by atoms with E-state index in [0.717, 1.165) is 0 Å². The van der Waals surface area contributed by atoms with Gasteiger partial charge >= 0.3 is 0 Å². The summed E-state index contributed by atoms with van der Waals surface area (Å²) in [4.78, 5) is -0.0431. The van der Waals surface area contributed by atoms with Crippen LogP contribution in [0.3, 0.4) is 0 Å². The molecular formula is C24H16Cl2O9S3. The summed E-state index contributed by atoms with van der Waals surface area (Å²) in [6, 6.07) is 20.2. The van der Waals surface area contributed by atoms with Gasteiger partial charge in [-0.05, 0) is 77.9 Å². The second-order valence-electron chi connectivity index (χ2n) is 7.54. The van der Waals surface area contributed by atoms with Crippen molar-refractivity contribution < 1.29 is 40.8 Å². The topological polar surface area (TPSA) is 136 Å². The Labute approximate surface area is 232 Å². The zero-order valence-corrected chi connectivity index (χ0v) is 22.8. The zero-order valence-electron chi connectivity index (χ0n) is 18.8. The molecule has 9 nitrogen and oxygen atoms in total. The van der Waals surface area contributed by atoms with Crippen LogP contribution in [-0.4, -0.2) is 26.6 Å². The fraction of sp³-hybridized carbons (Fsp3) is 0. The second-order valence-corrected chi connectivity index (χ2v) is 12.5. The van der Waals surface area contributed by atoms with Gasteiger partial charge in [-0.3, -0.25) is 4.55 Å². The van der Waals surface area contributed by atoms with Gasteiger partial charge in [0.2, 0.25) is 9.84 Å². The van der Waals surface area contributed by atoms with Crippen LogP contribution < -0.4 is 4.74 Å². The van der Waals surface area contributed by atoms with Crippen LogP contribution in [0.25, 0.3) is 11.1 Å². The van der Waals surface area contributed by atoms with E-state index in [1.165, 1.54) is 66.7 Å². The Bertz CT molecular complexity index is 1670. The van der Waals surface area contributed by atoms with E-state index in [1.54, 1.807) is 18.2 Å². The third kappa shape index (κ3) is 6.49. The molecule has 4 aromatic carbocycles. The molecule has 0 heterocycles. The zero-order chi connectivity index (χ0) is 27.5. The fourth-order valence-corrected chi connectivity index (χ4v) is 6.30. The van der Waals surface area contributed by atoms with Crippen LogP contribution >= 0.6 is 35.2 Å². The number of hydrogen-bond donors (Lipinski definition) is 2. The summed E-state index contributed by atoms with van der Waals surface area (Å²) in [5.41, 5.74) is 1.24. The summed E-state index contributed by atoms with van der Waals surface area (Å²) in [6.45, 7) is 0. The lowest BCUT2D eigenvalue weighted by Gasteiger charge is -2.13. The van der Waals surface area contributed by atoms with Crippen molar-refractivity contribution in [3.8, 4) is 22.6 Å². The van der Waals surface area contributed by atoms with E-state index < -0.39 is 20.0 Å². The molecule has 0 saturated heterocycles. The molecule has 198 valence electrons. The van der Waals surface area contributed by atoms with Gasteiger partial charge < -0.3 is 4.74 Å². The van der Waals surface area contributed by atoms with Gasteiger partial charge in [-0.25, -0.2) is 13.7 Å². The SMILES string of the molecule is O=S(=O)(O)c1ccc(-c2ccc(Oc3ccc(S(=O)(=O)c4cc(Cl)ccc4Cl)cc3)c(SOOO)c2)cc1. The maximum Gasteiger partial charge on any atom is 0.294 e. The summed E-state index contributed by atoms with van der Waals surface area (Å²) in [5, 5.41) is 12.6. The van der Waals surface area contributed by atoms with Gasteiger partial charge in [0.25, 0.3) is 10.1 Å². The van der Waals surface area contributed by atoms with Crippen LogP contribution in [0.5, 0.6) is 11.5 Å². The van der Waals surface area contributed by atoms with Gasteiger partial charge in [0.15, 0.2) is 0 Å². The molecule has 0 spiro atoms. The molecule has 0 bridgehead atoms. The van der Waals surface area contributed by atoms with Crippen LogP contribution in [0.2, 0.25) is 10.0 Å². The molecule has 4 aromatic rings. The minimum atomic E-state index is -4.33. The lowest BCUT2D eigenvalue weighted by Crippen LogP contribution is -2.03. The van der Waals surface area contributed by atoms with Gasteiger partial charge in [0.05, 0.1) is 36.6 Å². The average molecular weight is 615 g/mol. The molecule has 0 aliphatic rings. The van der Waals surface area contributed by atoms with Crippen LogP contribution in [0.4, 0.5) is 0 Å². The van der Waals surface area contributed by atoms with E-state index in [4.69, 9.17) is 37.7 Å². The molecular weight excluding hydrogens is 599 g/mol. The first-order chi connectivity index (χ1) is 18.0. The fourth-order valence-electron chi connectivity index (χ4n) is 3.33. The number of benzene rings is 4. The molecule has 0 atom stereocenters. The standard InChI is InChI=1S/C24H16Cl2O9S3/c25-17-4-11-21(26)24(14-17)37(28,29)19-9-5-18(6-10-19)33-22-12-3-16(13-23(22)36-35-34-27)15-1-7-20(8-2-15)38(30,31)32/h1-14,27H,(H,30,31,32). The molecule has 4 rings (SSSR count). The summed E-state index contributed by atoms with van der Waals surface area (Å²) in [6.07, 6.45) is 0. The molecule has 0 radical (unpaired) electrons. The molecule has 0 aliphatic carbocycles. The van der Waals surface area contributed by atoms with E-state index >= 15 is 0 Å². The molecule has 0 fully saturated rings. The van der Waals surface area contributed by atoms with Crippen molar-refractivity contribution in [2.75, 3.05) is 0 Å². The first kappa shape index (κ1) is 28.4. The van der Waals surface area contributed by atoms with Crippen molar-refractivity contribution in [1.29, 1.82) is 0 Å². The maximum absolute atomic E-state index is 13.0. The predicted molar refractivity (Wildman–Crippen MR) is 141 cm³/mol. The van der Waals surface area contributed by atoms with E-state index in [9.17, 15) is 16.8 Å². The second kappa shape index (κ2) is 11.6. The van der Waals surface area contributed by atoms with Crippen LogP contribution in [0.15, 0.2) is 105 Å². The Morgan fingerprint density at radius 1 is 0.737 bits per heavy atom. The van der Waals surface area contributed by atoms with Crippen molar-refractivity contribution in [2.24, 2.45) is 0 Å².